The highest BCUT2D eigenvalue weighted by Gasteiger charge is 2.34. The summed E-state index contributed by atoms with van der Waals surface area (Å²) in [5.74, 6) is 0.723. The number of rotatable bonds is 3. The largest absolute Gasteiger partial charge is 0.394 e. The van der Waals surface area contributed by atoms with Crippen molar-refractivity contribution in [3.8, 4) is 6.07 Å². The van der Waals surface area contributed by atoms with Gasteiger partial charge < -0.3 is 10.4 Å². The average Bonchev–Trinajstić information content (AvgIpc) is 2.87. The Morgan fingerprint density at radius 3 is 2.71 bits per heavy atom. The Balaban J connectivity index is 2.32. The van der Waals surface area contributed by atoms with Crippen molar-refractivity contribution in [2.45, 2.75) is 38.1 Å². The predicted octanol–water partition coefficient (Wildman–Crippen LogP) is 1.32. The highest BCUT2D eigenvalue weighted by molar-refractivity contribution is 5.56. The smallest absolute Gasteiger partial charge is 0.142 e. The van der Waals surface area contributed by atoms with Gasteiger partial charge >= 0.3 is 0 Å². The van der Waals surface area contributed by atoms with E-state index in [0.29, 0.717) is 5.56 Å². The van der Waals surface area contributed by atoms with Crippen molar-refractivity contribution in [2.24, 2.45) is 7.05 Å². The van der Waals surface area contributed by atoms with Crippen molar-refractivity contribution in [1.82, 2.24) is 9.78 Å². The molecule has 17 heavy (non-hydrogen) atoms. The lowest BCUT2D eigenvalue weighted by atomic mass is 9.98. The molecule has 2 N–H and O–H groups in total. The lowest BCUT2D eigenvalue weighted by molar-refractivity contribution is 0.213. The summed E-state index contributed by atoms with van der Waals surface area (Å²) in [5, 5.41) is 26.3. The lowest BCUT2D eigenvalue weighted by Gasteiger charge is -2.29. The van der Waals surface area contributed by atoms with E-state index in [0.717, 1.165) is 37.2 Å². The Kier molecular flexibility index (Phi) is 3.07. The van der Waals surface area contributed by atoms with Gasteiger partial charge in [-0.3, -0.25) is 4.68 Å². The maximum absolute atomic E-state index is 9.56. The van der Waals surface area contributed by atoms with Crippen LogP contribution in [0.25, 0.3) is 0 Å². The van der Waals surface area contributed by atoms with Crippen LogP contribution >= 0.6 is 0 Å². The SMILES string of the molecule is Cc1nn(C)c(NC2(CO)CCCC2)c1C#N. The fraction of sp³-hybridized carbons (Fsp3) is 0.667. The Morgan fingerprint density at radius 1 is 1.53 bits per heavy atom. The van der Waals surface area contributed by atoms with E-state index >= 15 is 0 Å². The fourth-order valence-corrected chi connectivity index (χ4v) is 2.56. The first-order valence-electron chi connectivity index (χ1n) is 5.94. The molecule has 0 atom stereocenters. The first-order valence-corrected chi connectivity index (χ1v) is 5.94. The number of aliphatic hydroxyl groups is 1. The van der Waals surface area contributed by atoms with Crippen LogP contribution in [0.3, 0.4) is 0 Å². The van der Waals surface area contributed by atoms with E-state index in [-0.39, 0.29) is 12.1 Å². The molecule has 1 aromatic heterocycles. The minimum absolute atomic E-state index is 0.0993. The van der Waals surface area contributed by atoms with E-state index in [1.807, 2.05) is 14.0 Å². The number of hydrogen-bond acceptors (Lipinski definition) is 4. The van der Waals surface area contributed by atoms with Gasteiger partial charge in [-0.2, -0.15) is 10.4 Å². The third-order valence-corrected chi connectivity index (χ3v) is 3.58. The second kappa shape index (κ2) is 4.38. The molecule has 2 rings (SSSR count). The van der Waals surface area contributed by atoms with Crippen LogP contribution in [0.15, 0.2) is 0 Å². The van der Waals surface area contributed by atoms with Crippen LogP contribution in [0.2, 0.25) is 0 Å². The standard InChI is InChI=1S/C12H18N4O/c1-9-10(7-13)11(16(2)15-9)14-12(8-17)5-3-4-6-12/h14,17H,3-6,8H2,1-2H3. The average molecular weight is 234 g/mol. The highest BCUT2D eigenvalue weighted by Crippen LogP contribution is 2.33. The van der Waals surface area contributed by atoms with Crippen molar-refractivity contribution < 1.29 is 5.11 Å². The van der Waals surface area contributed by atoms with E-state index in [2.05, 4.69) is 16.5 Å². The molecule has 0 amide bonds. The topological polar surface area (TPSA) is 73.9 Å². The van der Waals surface area contributed by atoms with Gasteiger partial charge in [-0.15, -0.1) is 0 Å². The number of nitriles is 1. The van der Waals surface area contributed by atoms with E-state index in [1.165, 1.54) is 0 Å². The van der Waals surface area contributed by atoms with Gasteiger partial charge in [0, 0.05) is 7.05 Å². The first-order chi connectivity index (χ1) is 8.12. The normalized spacial score (nSPS) is 18.0. The Labute approximate surface area is 101 Å². The molecule has 0 radical (unpaired) electrons. The minimum atomic E-state index is -0.272. The number of aromatic nitrogens is 2. The molecule has 1 heterocycles. The summed E-state index contributed by atoms with van der Waals surface area (Å²) in [6.45, 7) is 1.92. The Bertz CT molecular complexity index is 452. The number of hydrogen-bond donors (Lipinski definition) is 2. The van der Waals surface area contributed by atoms with Crippen molar-refractivity contribution >= 4 is 5.82 Å². The van der Waals surface area contributed by atoms with Gasteiger partial charge in [0.1, 0.15) is 17.5 Å². The molecular formula is C12H18N4O. The van der Waals surface area contributed by atoms with Crippen LogP contribution in [-0.4, -0.2) is 27.0 Å². The maximum atomic E-state index is 9.56. The molecule has 0 bridgehead atoms. The van der Waals surface area contributed by atoms with Gasteiger partial charge in [0.25, 0.3) is 0 Å². The molecule has 0 spiro atoms. The van der Waals surface area contributed by atoms with Crippen LogP contribution in [0.5, 0.6) is 0 Å². The highest BCUT2D eigenvalue weighted by atomic mass is 16.3. The van der Waals surface area contributed by atoms with Crippen LogP contribution < -0.4 is 5.32 Å². The van der Waals surface area contributed by atoms with Gasteiger partial charge in [0.05, 0.1) is 17.8 Å². The molecule has 1 aliphatic rings. The monoisotopic (exact) mass is 234 g/mol. The predicted molar refractivity (Wildman–Crippen MR) is 64.6 cm³/mol. The minimum Gasteiger partial charge on any atom is -0.394 e. The Hall–Kier alpha value is -1.54. The zero-order chi connectivity index (χ0) is 12.5. The van der Waals surface area contributed by atoms with Crippen LogP contribution in [0, 0.1) is 18.3 Å². The zero-order valence-electron chi connectivity index (χ0n) is 10.3. The van der Waals surface area contributed by atoms with Gasteiger partial charge in [-0.25, -0.2) is 0 Å². The number of aliphatic hydroxyl groups excluding tert-OH is 1. The molecule has 1 saturated carbocycles. The summed E-state index contributed by atoms with van der Waals surface area (Å²) >= 11 is 0. The van der Waals surface area contributed by atoms with Crippen molar-refractivity contribution in [3.05, 3.63) is 11.3 Å². The van der Waals surface area contributed by atoms with Crippen LogP contribution in [-0.2, 0) is 7.05 Å². The number of anilines is 1. The van der Waals surface area contributed by atoms with E-state index in [1.54, 1.807) is 4.68 Å². The van der Waals surface area contributed by atoms with Gasteiger partial charge in [-0.1, -0.05) is 12.8 Å². The van der Waals surface area contributed by atoms with E-state index in [4.69, 9.17) is 5.26 Å². The van der Waals surface area contributed by atoms with Crippen molar-refractivity contribution in [1.29, 1.82) is 5.26 Å². The van der Waals surface area contributed by atoms with E-state index in [9.17, 15) is 5.11 Å². The lowest BCUT2D eigenvalue weighted by Crippen LogP contribution is -2.40. The molecule has 1 fully saturated rings. The summed E-state index contributed by atoms with van der Waals surface area (Å²) < 4.78 is 1.68. The zero-order valence-corrected chi connectivity index (χ0v) is 10.3. The molecule has 5 heteroatoms. The molecule has 0 saturated heterocycles. The summed E-state index contributed by atoms with van der Waals surface area (Å²) in [5.41, 5.74) is 1.03. The molecule has 92 valence electrons. The second-order valence-corrected chi connectivity index (χ2v) is 4.81. The molecule has 0 aliphatic heterocycles. The third-order valence-electron chi connectivity index (χ3n) is 3.58. The Morgan fingerprint density at radius 2 is 2.18 bits per heavy atom. The van der Waals surface area contributed by atoms with Gasteiger partial charge in [0.2, 0.25) is 0 Å². The quantitative estimate of drug-likeness (QED) is 0.827. The summed E-state index contributed by atoms with van der Waals surface area (Å²) in [6, 6.07) is 2.17. The fourth-order valence-electron chi connectivity index (χ4n) is 2.56. The molecule has 5 nitrogen and oxygen atoms in total. The first kappa shape index (κ1) is 11.9. The third kappa shape index (κ3) is 2.01. The molecule has 1 aromatic rings. The second-order valence-electron chi connectivity index (χ2n) is 4.81. The molecule has 1 aliphatic carbocycles. The summed E-state index contributed by atoms with van der Waals surface area (Å²) in [7, 11) is 1.82. The number of nitrogens with zero attached hydrogens (tertiary/aromatic N) is 3. The van der Waals surface area contributed by atoms with Gasteiger partial charge in [0.15, 0.2) is 0 Å². The van der Waals surface area contributed by atoms with Crippen LogP contribution in [0.1, 0.15) is 36.9 Å². The molecule has 0 unspecified atom stereocenters. The maximum Gasteiger partial charge on any atom is 0.142 e. The van der Waals surface area contributed by atoms with Crippen LogP contribution in [0.4, 0.5) is 5.82 Å². The molecule has 0 aromatic carbocycles. The van der Waals surface area contributed by atoms with Crippen molar-refractivity contribution in [3.63, 3.8) is 0 Å². The number of aryl methyl sites for hydroxylation is 2. The summed E-state index contributed by atoms with van der Waals surface area (Å²) in [6.07, 6.45) is 4.12. The molecular weight excluding hydrogens is 216 g/mol. The van der Waals surface area contributed by atoms with Gasteiger partial charge in [-0.05, 0) is 19.8 Å². The van der Waals surface area contributed by atoms with E-state index < -0.39 is 0 Å². The number of nitrogens with one attached hydrogen (secondary N) is 1. The summed E-state index contributed by atoms with van der Waals surface area (Å²) in [4.78, 5) is 0. The van der Waals surface area contributed by atoms with Crippen molar-refractivity contribution in [2.75, 3.05) is 11.9 Å².